The molecule has 0 heterocycles. The minimum atomic E-state index is -0.421. The number of benzene rings is 2. The van der Waals surface area contributed by atoms with Crippen LogP contribution in [0.1, 0.15) is 82.9 Å². The number of hydrogen-bond donors (Lipinski definition) is 1. The number of carbonyl (C=O) groups is 1. The molecule has 4 heteroatoms. The van der Waals surface area contributed by atoms with E-state index in [1.807, 2.05) is 41.5 Å². The number of phenols is 1. The summed E-state index contributed by atoms with van der Waals surface area (Å²) in [5, 5.41) is 11.2. The van der Waals surface area contributed by atoms with Gasteiger partial charge in [0.15, 0.2) is 0 Å². The molecule has 0 aliphatic heterocycles. The molecule has 2 aromatic carbocycles. The van der Waals surface area contributed by atoms with Gasteiger partial charge in [-0.25, -0.2) is 4.39 Å². The SMILES string of the molecule is CC(=O)Oc1c(-c2ccc(F)cc2)c(C(C)C)c(O)c(C(C)C)c1C(C)C. The van der Waals surface area contributed by atoms with E-state index in [1.165, 1.54) is 19.1 Å². The molecule has 0 saturated carbocycles. The lowest BCUT2D eigenvalue weighted by Crippen LogP contribution is -2.12. The number of rotatable bonds is 5. The zero-order chi connectivity index (χ0) is 20.5. The van der Waals surface area contributed by atoms with Gasteiger partial charge in [-0.3, -0.25) is 4.79 Å². The van der Waals surface area contributed by atoms with Gasteiger partial charge in [-0.05, 0) is 35.4 Å². The Morgan fingerprint density at radius 3 is 1.78 bits per heavy atom. The first-order chi connectivity index (χ1) is 12.6. The number of halogens is 1. The third-order valence-corrected chi connectivity index (χ3v) is 4.65. The van der Waals surface area contributed by atoms with E-state index in [1.54, 1.807) is 12.1 Å². The summed E-state index contributed by atoms with van der Waals surface area (Å²) in [6.45, 7) is 13.4. The summed E-state index contributed by atoms with van der Waals surface area (Å²) in [7, 11) is 0. The van der Waals surface area contributed by atoms with Crippen LogP contribution in [0.5, 0.6) is 11.5 Å². The molecule has 27 heavy (non-hydrogen) atoms. The van der Waals surface area contributed by atoms with Crippen molar-refractivity contribution in [2.75, 3.05) is 0 Å². The summed E-state index contributed by atoms with van der Waals surface area (Å²) >= 11 is 0. The predicted molar refractivity (Wildman–Crippen MR) is 107 cm³/mol. The minimum Gasteiger partial charge on any atom is -0.507 e. The summed E-state index contributed by atoms with van der Waals surface area (Å²) in [6.07, 6.45) is 0. The Hall–Kier alpha value is -2.36. The van der Waals surface area contributed by atoms with Crippen molar-refractivity contribution in [1.29, 1.82) is 0 Å². The first-order valence-electron chi connectivity index (χ1n) is 9.43. The first kappa shape index (κ1) is 20.9. The van der Waals surface area contributed by atoms with Crippen LogP contribution in [0.4, 0.5) is 4.39 Å². The van der Waals surface area contributed by atoms with Crippen LogP contribution in [-0.2, 0) is 4.79 Å². The van der Waals surface area contributed by atoms with E-state index in [0.717, 1.165) is 11.1 Å². The maximum atomic E-state index is 13.5. The van der Waals surface area contributed by atoms with Gasteiger partial charge in [0.1, 0.15) is 17.3 Å². The number of carbonyl (C=O) groups excluding carboxylic acids is 1. The second kappa shape index (κ2) is 8.12. The van der Waals surface area contributed by atoms with Crippen LogP contribution in [0.2, 0.25) is 0 Å². The molecule has 0 saturated heterocycles. The third kappa shape index (κ3) is 4.15. The van der Waals surface area contributed by atoms with Crippen molar-refractivity contribution in [3.8, 4) is 22.6 Å². The first-order valence-corrected chi connectivity index (χ1v) is 9.43. The monoisotopic (exact) mass is 372 g/mol. The molecule has 0 unspecified atom stereocenters. The highest BCUT2D eigenvalue weighted by molar-refractivity contribution is 5.84. The number of phenolic OH excluding ortho intramolecular Hbond substituents is 1. The average Bonchev–Trinajstić information content (AvgIpc) is 2.54. The van der Waals surface area contributed by atoms with Crippen LogP contribution in [-0.4, -0.2) is 11.1 Å². The Labute approximate surface area is 161 Å². The van der Waals surface area contributed by atoms with Crippen LogP contribution in [0.25, 0.3) is 11.1 Å². The molecule has 1 N–H and O–H groups in total. The maximum absolute atomic E-state index is 13.5. The van der Waals surface area contributed by atoms with Crippen LogP contribution in [0, 0.1) is 5.82 Å². The largest absolute Gasteiger partial charge is 0.507 e. The summed E-state index contributed by atoms with van der Waals surface area (Å²) in [5.74, 6) is 0.00666. The number of ether oxygens (including phenoxy) is 1. The highest BCUT2D eigenvalue weighted by Gasteiger charge is 2.30. The van der Waals surface area contributed by atoms with Crippen LogP contribution in [0.3, 0.4) is 0 Å². The molecule has 0 aliphatic rings. The van der Waals surface area contributed by atoms with Crippen molar-refractivity contribution in [2.45, 2.75) is 66.2 Å². The molecule has 0 amide bonds. The van der Waals surface area contributed by atoms with E-state index in [9.17, 15) is 14.3 Å². The standard InChI is InChI=1S/C23H29FO3/c1-12(2)18-20(14(5)6)23(27-15(7)25)21(19(13(3)4)22(18)26)16-8-10-17(24)11-9-16/h8-14,26H,1-7H3. The molecule has 0 aliphatic carbocycles. The minimum absolute atomic E-state index is 0.0157. The molecule has 0 aromatic heterocycles. The fraction of sp³-hybridized carbons (Fsp3) is 0.435. The third-order valence-electron chi connectivity index (χ3n) is 4.65. The Morgan fingerprint density at radius 2 is 1.37 bits per heavy atom. The molecular weight excluding hydrogens is 343 g/mol. The Balaban J connectivity index is 3.06. The Bertz CT molecular complexity index is 834. The summed E-state index contributed by atoms with van der Waals surface area (Å²) in [5.41, 5.74) is 3.71. The van der Waals surface area contributed by atoms with E-state index in [4.69, 9.17) is 4.74 Å². The lowest BCUT2D eigenvalue weighted by atomic mass is 9.80. The van der Waals surface area contributed by atoms with Crippen LogP contribution < -0.4 is 4.74 Å². The number of aromatic hydroxyl groups is 1. The molecule has 0 spiro atoms. The molecule has 146 valence electrons. The van der Waals surface area contributed by atoms with Gasteiger partial charge >= 0.3 is 5.97 Å². The zero-order valence-electron chi connectivity index (χ0n) is 17.2. The summed E-state index contributed by atoms with van der Waals surface area (Å²) < 4.78 is 19.2. The van der Waals surface area contributed by atoms with Gasteiger partial charge in [-0.1, -0.05) is 53.7 Å². The van der Waals surface area contributed by atoms with E-state index in [-0.39, 0.29) is 29.3 Å². The highest BCUT2D eigenvalue weighted by atomic mass is 19.1. The molecule has 0 radical (unpaired) electrons. The molecule has 0 bridgehead atoms. The molecule has 0 fully saturated rings. The van der Waals surface area contributed by atoms with Gasteiger partial charge in [0.25, 0.3) is 0 Å². The summed E-state index contributed by atoms with van der Waals surface area (Å²) in [4.78, 5) is 11.9. The zero-order valence-corrected chi connectivity index (χ0v) is 17.2. The highest BCUT2D eigenvalue weighted by Crippen LogP contribution is 2.51. The van der Waals surface area contributed by atoms with Crippen molar-refractivity contribution in [1.82, 2.24) is 0 Å². The van der Waals surface area contributed by atoms with Crippen molar-refractivity contribution in [3.05, 3.63) is 46.8 Å². The Morgan fingerprint density at radius 1 is 0.889 bits per heavy atom. The topological polar surface area (TPSA) is 46.5 Å². The maximum Gasteiger partial charge on any atom is 0.308 e. The normalized spacial score (nSPS) is 11.5. The van der Waals surface area contributed by atoms with Crippen molar-refractivity contribution in [3.63, 3.8) is 0 Å². The summed E-state index contributed by atoms with van der Waals surface area (Å²) in [6, 6.07) is 6.06. The van der Waals surface area contributed by atoms with Gasteiger partial charge in [-0.2, -0.15) is 0 Å². The molecular formula is C23H29FO3. The van der Waals surface area contributed by atoms with Crippen LogP contribution >= 0.6 is 0 Å². The lowest BCUT2D eigenvalue weighted by molar-refractivity contribution is -0.131. The van der Waals surface area contributed by atoms with E-state index >= 15 is 0 Å². The quantitative estimate of drug-likeness (QED) is 0.482. The van der Waals surface area contributed by atoms with Gasteiger partial charge in [0, 0.05) is 29.2 Å². The van der Waals surface area contributed by atoms with E-state index in [0.29, 0.717) is 22.4 Å². The number of hydrogen-bond acceptors (Lipinski definition) is 3. The second-order valence-corrected chi connectivity index (χ2v) is 7.86. The van der Waals surface area contributed by atoms with Gasteiger partial charge in [0.05, 0.1) is 0 Å². The molecule has 2 aromatic rings. The van der Waals surface area contributed by atoms with E-state index < -0.39 is 5.97 Å². The lowest BCUT2D eigenvalue weighted by Gasteiger charge is -2.28. The Kier molecular flexibility index (Phi) is 6.30. The molecule has 2 rings (SSSR count). The smallest absolute Gasteiger partial charge is 0.308 e. The number of esters is 1. The van der Waals surface area contributed by atoms with Crippen molar-refractivity contribution >= 4 is 5.97 Å². The van der Waals surface area contributed by atoms with Gasteiger partial charge in [0.2, 0.25) is 0 Å². The van der Waals surface area contributed by atoms with Crippen molar-refractivity contribution in [2.24, 2.45) is 0 Å². The second-order valence-electron chi connectivity index (χ2n) is 7.86. The fourth-order valence-corrected chi connectivity index (χ4v) is 3.64. The van der Waals surface area contributed by atoms with E-state index in [2.05, 4.69) is 0 Å². The van der Waals surface area contributed by atoms with Crippen LogP contribution in [0.15, 0.2) is 24.3 Å². The fourth-order valence-electron chi connectivity index (χ4n) is 3.64. The van der Waals surface area contributed by atoms with Crippen molar-refractivity contribution < 1.29 is 19.0 Å². The predicted octanol–water partition coefficient (Wildman–Crippen LogP) is 6.49. The van der Waals surface area contributed by atoms with Gasteiger partial charge < -0.3 is 9.84 Å². The molecule has 0 atom stereocenters. The average molecular weight is 372 g/mol. The van der Waals surface area contributed by atoms with Gasteiger partial charge in [-0.15, -0.1) is 0 Å². The molecule has 3 nitrogen and oxygen atoms in total.